The van der Waals surface area contributed by atoms with E-state index >= 15 is 0 Å². The van der Waals surface area contributed by atoms with Gasteiger partial charge in [0.1, 0.15) is 0 Å². The Balaban J connectivity index is 2.15. The third kappa shape index (κ3) is 4.94. The molecule has 14 heavy (non-hydrogen) atoms. The first kappa shape index (κ1) is 12.7. The fraction of sp³-hybridized carbons (Fsp3) is 0.636. The molecule has 0 spiro atoms. The van der Waals surface area contributed by atoms with E-state index < -0.39 is 0 Å². The summed E-state index contributed by atoms with van der Waals surface area (Å²) in [6.45, 7) is 2.24. The predicted octanol–water partition coefficient (Wildman–Crippen LogP) is 5.40. The van der Waals surface area contributed by atoms with Gasteiger partial charge in [0.15, 0.2) is 0 Å². The van der Waals surface area contributed by atoms with Gasteiger partial charge < -0.3 is 0 Å². The van der Waals surface area contributed by atoms with Gasteiger partial charge in [0, 0.05) is 9.70 Å². The molecular weight excluding hydrogens is 324 g/mol. The van der Waals surface area contributed by atoms with Crippen LogP contribution in [0, 0.1) is 0 Å². The highest BCUT2D eigenvalue weighted by Gasteiger charge is 2.03. The highest BCUT2D eigenvalue weighted by atomic mass is 79.9. The van der Waals surface area contributed by atoms with E-state index in [1.165, 1.54) is 40.8 Å². The Kier molecular flexibility index (Phi) is 6.38. The van der Waals surface area contributed by atoms with Crippen LogP contribution in [-0.2, 0) is 6.42 Å². The minimum atomic E-state index is 0.718. The van der Waals surface area contributed by atoms with E-state index in [-0.39, 0.29) is 0 Å². The molecule has 0 saturated heterocycles. The zero-order chi connectivity index (χ0) is 10.4. The van der Waals surface area contributed by atoms with Gasteiger partial charge in [-0.05, 0) is 53.7 Å². The molecule has 1 aromatic rings. The van der Waals surface area contributed by atoms with E-state index in [4.69, 9.17) is 0 Å². The summed E-state index contributed by atoms with van der Waals surface area (Å²) in [5.74, 6) is 0. The average Bonchev–Trinajstić information content (AvgIpc) is 2.52. The summed E-state index contributed by atoms with van der Waals surface area (Å²) in [6.07, 6.45) is 6.39. The summed E-state index contributed by atoms with van der Waals surface area (Å²) in [5, 5.41) is 0. The topological polar surface area (TPSA) is 0 Å². The van der Waals surface area contributed by atoms with Gasteiger partial charge >= 0.3 is 0 Å². The minimum Gasteiger partial charge on any atom is -0.133 e. The molecule has 0 aliphatic rings. The summed E-state index contributed by atoms with van der Waals surface area (Å²) >= 11 is 9.05. The van der Waals surface area contributed by atoms with E-state index in [0.29, 0.717) is 0 Å². The average molecular weight is 340 g/mol. The van der Waals surface area contributed by atoms with Crippen molar-refractivity contribution in [2.24, 2.45) is 0 Å². The molecule has 3 heteroatoms. The van der Waals surface area contributed by atoms with Crippen molar-refractivity contribution in [3.8, 4) is 0 Å². The standard InChI is InChI=1S/C11H16Br2S/c1-2-4-9(12)5-3-6-10-7-8-11(13)14-10/h7-9H,2-6H2,1H3. The maximum Gasteiger partial charge on any atom is 0.0701 e. The van der Waals surface area contributed by atoms with Crippen molar-refractivity contribution in [1.82, 2.24) is 0 Å². The summed E-state index contributed by atoms with van der Waals surface area (Å²) < 4.78 is 1.25. The molecule has 0 aliphatic carbocycles. The van der Waals surface area contributed by atoms with Crippen LogP contribution in [0.3, 0.4) is 0 Å². The Hall–Kier alpha value is 0.660. The molecule has 0 saturated carbocycles. The number of alkyl halides is 1. The van der Waals surface area contributed by atoms with Crippen molar-refractivity contribution in [3.63, 3.8) is 0 Å². The van der Waals surface area contributed by atoms with Crippen LogP contribution in [0.2, 0.25) is 0 Å². The molecule has 1 aromatic heterocycles. The second-order valence-electron chi connectivity index (χ2n) is 3.48. The Bertz CT molecular complexity index is 258. The van der Waals surface area contributed by atoms with Crippen LogP contribution < -0.4 is 0 Å². The number of thiophene rings is 1. The Morgan fingerprint density at radius 1 is 1.36 bits per heavy atom. The van der Waals surface area contributed by atoms with E-state index in [1.807, 2.05) is 11.3 Å². The lowest BCUT2D eigenvalue weighted by Crippen LogP contribution is -1.97. The SMILES string of the molecule is CCCC(Br)CCCc1ccc(Br)s1. The summed E-state index contributed by atoms with van der Waals surface area (Å²) in [7, 11) is 0. The van der Waals surface area contributed by atoms with Crippen LogP contribution in [0.4, 0.5) is 0 Å². The van der Waals surface area contributed by atoms with Gasteiger partial charge in [-0.2, -0.15) is 0 Å². The first-order valence-corrected chi connectivity index (χ1v) is 7.63. The van der Waals surface area contributed by atoms with E-state index in [1.54, 1.807) is 0 Å². The van der Waals surface area contributed by atoms with Crippen molar-refractivity contribution in [3.05, 3.63) is 20.8 Å². The second kappa shape index (κ2) is 7.02. The van der Waals surface area contributed by atoms with Gasteiger partial charge in [0.05, 0.1) is 3.79 Å². The molecule has 80 valence electrons. The van der Waals surface area contributed by atoms with Crippen LogP contribution in [0.15, 0.2) is 15.9 Å². The molecule has 0 radical (unpaired) electrons. The Morgan fingerprint density at radius 3 is 2.71 bits per heavy atom. The monoisotopic (exact) mass is 338 g/mol. The number of aryl methyl sites for hydroxylation is 1. The smallest absolute Gasteiger partial charge is 0.0701 e. The summed E-state index contributed by atoms with van der Waals surface area (Å²) in [5.41, 5.74) is 0. The molecule has 0 bridgehead atoms. The zero-order valence-electron chi connectivity index (χ0n) is 8.43. The van der Waals surface area contributed by atoms with Crippen molar-refractivity contribution in [1.29, 1.82) is 0 Å². The van der Waals surface area contributed by atoms with Crippen LogP contribution >= 0.6 is 43.2 Å². The highest BCUT2D eigenvalue weighted by Crippen LogP contribution is 2.24. The third-order valence-corrected chi connectivity index (χ3v) is 4.77. The third-order valence-electron chi connectivity index (χ3n) is 2.17. The maximum atomic E-state index is 3.71. The number of halogens is 2. The molecule has 1 heterocycles. The molecule has 0 N–H and O–H groups in total. The molecule has 0 amide bonds. The molecule has 0 fully saturated rings. The number of hydrogen-bond acceptors (Lipinski definition) is 1. The first-order valence-electron chi connectivity index (χ1n) is 5.10. The van der Waals surface area contributed by atoms with Crippen LogP contribution in [-0.4, -0.2) is 4.83 Å². The Labute approximate surface area is 107 Å². The first-order chi connectivity index (χ1) is 6.72. The molecule has 1 rings (SSSR count). The van der Waals surface area contributed by atoms with Crippen molar-refractivity contribution >= 4 is 43.2 Å². The number of rotatable bonds is 6. The lowest BCUT2D eigenvalue weighted by molar-refractivity contribution is 0.658. The van der Waals surface area contributed by atoms with Crippen molar-refractivity contribution in [2.75, 3.05) is 0 Å². The second-order valence-corrected chi connectivity index (χ2v) is 7.33. The summed E-state index contributed by atoms with van der Waals surface area (Å²) in [6, 6.07) is 4.36. The van der Waals surface area contributed by atoms with E-state index in [9.17, 15) is 0 Å². The fourth-order valence-corrected chi connectivity index (χ4v) is 3.75. The van der Waals surface area contributed by atoms with Gasteiger partial charge in [-0.15, -0.1) is 11.3 Å². The normalized spacial score (nSPS) is 13.1. The maximum absolute atomic E-state index is 3.71. The van der Waals surface area contributed by atoms with Crippen molar-refractivity contribution < 1.29 is 0 Å². The van der Waals surface area contributed by atoms with E-state index in [0.717, 1.165) is 4.83 Å². The lowest BCUT2D eigenvalue weighted by Gasteiger charge is -2.06. The molecular formula is C11H16Br2S. The van der Waals surface area contributed by atoms with E-state index in [2.05, 4.69) is 50.9 Å². The largest absolute Gasteiger partial charge is 0.133 e. The molecule has 0 aromatic carbocycles. The fourth-order valence-electron chi connectivity index (χ4n) is 1.44. The number of hydrogen-bond donors (Lipinski definition) is 0. The van der Waals surface area contributed by atoms with Gasteiger partial charge in [-0.3, -0.25) is 0 Å². The minimum absolute atomic E-state index is 0.718. The van der Waals surface area contributed by atoms with Crippen molar-refractivity contribution in [2.45, 2.75) is 43.9 Å². The van der Waals surface area contributed by atoms with Gasteiger partial charge in [-0.25, -0.2) is 0 Å². The van der Waals surface area contributed by atoms with Gasteiger partial charge in [0.25, 0.3) is 0 Å². The van der Waals surface area contributed by atoms with Gasteiger partial charge in [0.2, 0.25) is 0 Å². The zero-order valence-corrected chi connectivity index (χ0v) is 12.4. The summed E-state index contributed by atoms with van der Waals surface area (Å²) in [4.78, 5) is 2.21. The van der Waals surface area contributed by atoms with Gasteiger partial charge in [-0.1, -0.05) is 29.3 Å². The quantitative estimate of drug-likeness (QED) is 0.609. The predicted molar refractivity (Wildman–Crippen MR) is 72.6 cm³/mol. The molecule has 0 aliphatic heterocycles. The lowest BCUT2D eigenvalue weighted by atomic mass is 10.1. The van der Waals surface area contributed by atoms with Crippen LogP contribution in [0.5, 0.6) is 0 Å². The Morgan fingerprint density at radius 2 is 2.14 bits per heavy atom. The molecule has 1 unspecified atom stereocenters. The molecule has 0 nitrogen and oxygen atoms in total. The van der Waals surface area contributed by atoms with Crippen LogP contribution in [0.1, 0.15) is 37.5 Å². The highest BCUT2D eigenvalue weighted by molar-refractivity contribution is 9.11. The molecule has 1 atom stereocenters. The van der Waals surface area contributed by atoms with Crippen LogP contribution in [0.25, 0.3) is 0 Å².